The summed E-state index contributed by atoms with van der Waals surface area (Å²) < 4.78 is 5.44. The molecule has 7 heteroatoms. The van der Waals surface area contributed by atoms with Crippen LogP contribution in [0.4, 0.5) is 0 Å². The molecule has 4 saturated carbocycles. The third-order valence-corrected chi connectivity index (χ3v) is 15.2. The number of fused-ring (bicyclic) bond motifs is 5. The minimum atomic E-state index is -0.252. The van der Waals surface area contributed by atoms with Gasteiger partial charge in [-0.1, -0.05) is 86.0 Å². The van der Waals surface area contributed by atoms with Gasteiger partial charge in [0, 0.05) is 25.9 Å². The van der Waals surface area contributed by atoms with Gasteiger partial charge in [-0.3, -0.25) is 9.59 Å². The highest BCUT2D eigenvalue weighted by Crippen LogP contribution is 2.69. The first kappa shape index (κ1) is 42.6. The van der Waals surface area contributed by atoms with Crippen LogP contribution >= 0.6 is 0 Å². The average Bonchev–Trinajstić information content (AvgIpc) is 3.46. The molecule has 0 heterocycles. The maximum Gasteiger partial charge on any atom is 0.305 e. The number of carbonyl (C=O) groups excluding carboxylic acids is 2. The monoisotopic (exact) mass is 717 g/mol. The highest BCUT2D eigenvalue weighted by atomic mass is 16.5. The number of nitrogens with one attached hydrogen (secondary N) is 1. The number of esters is 1. The van der Waals surface area contributed by atoms with Crippen molar-refractivity contribution in [3.8, 4) is 0 Å². The summed E-state index contributed by atoms with van der Waals surface area (Å²) in [5.74, 6) is 3.45. The molecule has 3 N–H and O–H groups in total. The Morgan fingerprint density at radius 3 is 2.24 bits per heavy atom. The molecule has 0 unspecified atom stereocenters. The predicted octanol–water partition coefficient (Wildman–Crippen LogP) is 8.93. The molecule has 0 aliphatic heterocycles. The van der Waals surface area contributed by atoms with Crippen molar-refractivity contribution >= 4 is 11.9 Å². The van der Waals surface area contributed by atoms with Crippen LogP contribution in [0.25, 0.3) is 0 Å². The zero-order chi connectivity index (χ0) is 37.0. The fraction of sp³-hybridized carbons (Fsp3) is 0.955. The fourth-order valence-electron chi connectivity index (χ4n) is 12.2. The molecule has 296 valence electrons. The quantitative estimate of drug-likeness (QED) is 0.0765. The standard InChI is InChI=1S/C44H80N2O5/c1-7-9-10-11-12-13-14-15-18-40(49)51-30-17-16-28-46(6)29-27-45-39(48)22-19-32(3)35-20-21-36-41-37(24-26-43(35,36)4)44(5)25-23-33(47)31-38(44)34(8-2)42(41)50/h32-38,41-42,47,50H,7-31H2,1-6H3,(H,45,48)/t32-,33-,34-,35-,36+,37+,38+,41+,42-,43-,44-/m1/s1. The lowest BCUT2D eigenvalue weighted by Crippen LogP contribution is -2.62. The van der Waals surface area contributed by atoms with Gasteiger partial charge in [-0.15, -0.1) is 0 Å². The maximum absolute atomic E-state index is 12.9. The third-order valence-electron chi connectivity index (χ3n) is 15.2. The van der Waals surface area contributed by atoms with Crippen molar-refractivity contribution < 1.29 is 24.5 Å². The molecule has 0 aromatic heterocycles. The lowest BCUT2D eigenvalue weighted by Gasteiger charge is -2.64. The van der Waals surface area contributed by atoms with E-state index in [0.717, 1.165) is 70.9 Å². The molecule has 0 radical (unpaired) electrons. The number of ether oxygens (including phenoxy) is 1. The van der Waals surface area contributed by atoms with E-state index in [0.29, 0.717) is 67.4 Å². The molecule has 0 aromatic rings. The Balaban J connectivity index is 1.09. The second kappa shape index (κ2) is 20.5. The molecule has 7 nitrogen and oxygen atoms in total. The summed E-state index contributed by atoms with van der Waals surface area (Å²) in [6.07, 6.45) is 22.1. The Labute approximate surface area is 313 Å². The van der Waals surface area contributed by atoms with E-state index >= 15 is 0 Å². The molecular weight excluding hydrogens is 636 g/mol. The number of carbonyl (C=O) groups is 2. The van der Waals surface area contributed by atoms with E-state index in [1.807, 2.05) is 0 Å². The molecule has 4 aliphatic rings. The number of unbranched alkanes of at least 4 members (excludes halogenated alkanes) is 8. The van der Waals surface area contributed by atoms with Crippen molar-refractivity contribution in [2.75, 3.05) is 33.3 Å². The van der Waals surface area contributed by atoms with Gasteiger partial charge in [0.2, 0.25) is 5.91 Å². The van der Waals surface area contributed by atoms with Crippen LogP contribution in [0.15, 0.2) is 0 Å². The molecule has 11 atom stereocenters. The van der Waals surface area contributed by atoms with E-state index in [4.69, 9.17) is 4.74 Å². The van der Waals surface area contributed by atoms with Crippen LogP contribution < -0.4 is 5.32 Å². The lowest BCUT2D eigenvalue weighted by molar-refractivity contribution is -0.203. The van der Waals surface area contributed by atoms with Crippen molar-refractivity contribution in [2.24, 2.45) is 52.3 Å². The summed E-state index contributed by atoms with van der Waals surface area (Å²) in [5, 5.41) is 25.7. The number of hydrogen-bond acceptors (Lipinski definition) is 6. The van der Waals surface area contributed by atoms with E-state index in [9.17, 15) is 19.8 Å². The molecular formula is C44H80N2O5. The van der Waals surface area contributed by atoms with Gasteiger partial charge in [0.1, 0.15) is 0 Å². The molecule has 0 aromatic carbocycles. The van der Waals surface area contributed by atoms with Crippen molar-refractivity contribution in [1.82, 2.24) is 10.2 Å². The van der Waals surface area contributed by atoms with Crippen LogP contribution in [0.1, 0.15) is 169 Å². The first-order valence-electron chi connectivity index (χ1n) is 21.9. The first-order valence-corrected chi connectivity index (χ1v) is 21.9. The molecule has 4 aliphatic carbocycles. The lowest BCUT2D eigenvalue weighted by atomic mass is 9.41. The molecule has 0 saturated heterocycles. The minimum Gasteiger partial charge on any atom is -0.466 e. The van der Waals surface area contributed by atoms with E-state index in [2.05, 4.69) is 51.9 Å². The topological polar surface area (TPSA) is 99.1 Å². The second-order valence-corrected chi connectivity index (χ2v) is 18.4. The Bertz CT molecular complexity index is 1050. The Hall–Kier alpha value is -1.18. The van der Waals surface area contributed by atoms with Crippen molar-refractivity contribution in [2.45, 2.75) is 182 Å². The SMILES string of the molecule is CCCCCCCCCCC(=O)OCCCCN(C)CCNC(=O)CC[C@@H](C)[C@H]1CC[C@H]2[C@@H]3[C@H](O)[C@H](CC)[C@@H]4C[C@H](O)CC[C@]4(C)[C@H]3CC[C@]12C. The smallest absolute Gasteiger partial charge is 0.305 e. The van der Waals surface area contributed by atoms with E-state index in [1.165, 1.54) is 64.2 Å². The van der Waals surface area contributed by atoms with Crippen LogP contribution in [0.2, 0.25) is 0 Å². The normalized spacial score (nSPS) is 35.2. The zero-order valence-corrected chi connectivity index (χ0v) is 33.9. The van der Waals surface area contributed by atoms with Crippen molar-refractivity contribution in [3.05, 3.63) is 0 Å². The van der Waals surface area contributed by atoms with E-state index in [-0.39, 0.29) is 34.9 Å². The summed E-state index contributed by atoms with van der Waals surface area (Å²) in [5.41, 5.74) is 0.476. The number of nitrogens with zero attached hydrogens (tertiary/aromatic N) is 1. The second-order valence-electron chi connectivity index (χ2n) is 18.4. The number of rotatable bonds is 22. The van der Waals surface area contributed by atoms with E-state index in [1.54, 1.807) is 0 Å². The van der Waals surface area contributed by atoms with Gasteiger partial charge in [-0.05, 0) is 136 Å². The van der Waals surface area contributed by atoms with Gasteiger partial charge in [0.25, 0.3) is 0 Å². The summed E-state index contributed by atoms with van der Waals surface area (Å²) in [4.78, 5) is 27.2. The van der Waals surface area contributed by atoms with Gasteiger partial charge < -0.3 is 25.2 Å². The fourth-order valence-corrected chi connectivity index (χ4v) is 12.2. The number of amides is 1. The molecule has 4 fully saturated rings. The number of likely N-dealkylation sites (N-methyl/N-ethyl adjacent to an activating group) is 1. The van der Waals surface area contributed by atoms with Crippen molar-refractivity contribution in [3.63, 3.8) is 0 Å². The number of aliphatic hydroxyl groups excluding tert-OH is 2. The average molecular weight is 717 g/mol. The predicted molar refractivity (Wildman–Crippen MR) is 208 cm³/mol. The van der Waals surface area contributed by atoms with Gasteiger partial charge in [-0.2, -0.15) is 0 Å². The Morgan fingerprint density at radius 2 is 1.51 bits per heavy atom. The van der Waals surface area contributed by atoms with Crippen LogP contribution in [-0.4, -0.2) is 72.5 Å². The van der Waals surface area contributed by atoms with Gasteiger partial charge >= 0.3 is 5.97 Å². The Kier molecular flexibility index (Phi) is 17.1. The summed E-state index contributed by atoms with van der Waals surface area (Å²) in [6.45, 7) is 14.8. The molecule has 0 spiro atoms. The van der Waals surface area contributed by atoms with Crippen LogP contribution in [-0.2, 0) is 14.3 Å². The van der Waals surface area contributed by atoms with Gasteiger partial charge in [0.15, 0.2) is 0 Å². The van der Waals surface area contributed by atoms with Crippen LogP contribution in [0.5, 0.6) is 0 Å². The third kappa shape index (κ3) is 11.0. The zero-order valence-electron chi connectivity index (χ0n) is 33.9. The summed E-state index contributed by atoms with van der Waals surface area (Å²) in [7, 11) is 2.10. The van der Waals surface area contributed by atoms with Crippen LogP contribution in [0.3, 0.4) is 0 Å². The van der Waals surface area contributed by atoms with E-state index < -0.39 is 0 Å². The number of aliphatic hydroxyl groups is 2. The number of hydrogen-bond donors (Lipinski definition) is 3. The molecule has 4 rings (SSSR count). The first-order chi connectivity index (χ1) is 24.5. The van der Waals surface area contributed by atoms with Gasteiger partial charge in [0.05, 0.1) is 18.8 Å². The summed E-state index contributed by atoms with van der Waals surface area (Å²) >= 11 is 0. The summed E-state index contributed by atoms with van der Waals surface area (Å²) in [6, 6.07) is 0. The van der Waals surface area contributed by atoms with Crippen LogP contribution in [0, 0.1) is 52.3 Å². The molecule has 0 bridgehead atoms. The largest absolute Gasteiger partial charge is 0.466 e. The molecule has 51 heavy (non-hydrogen) atoms. The highest BCUT2D eigenvalue weighted by Gasteiger charge is 2.64. The molecule has 1 amide bonds. The Morgan fingerprint density at radius 1 is 0.824 bits per heavy atom. The van der Waals surface area contributed by atoms with Crippen molar-refractivity contribution in [1.29, 1.82) is 0 Å². The minimum absolute atomic E-state index is 0.0530. The maximum atomic E-state index is 12.9. The van der Waals surface area contributed by atoms with Gasteiger partial charge in [-0.25, -0.2) is 0 Å². The highest BCUT2D eigenvalue weighted by molar-refractivity contribution is 5.75.